The number of H-pyrrole nitrogens is 1. The molecule has 0 spiro atoms. The average molecular weight is 465 g/mol. The number of nitrogens with zero attached hydrogens (tertiary/aromatic N) is 2. The van der Waals surface area contributed by atoms with Crippen molar-refractivity contribution in [2.75, 3.05) is 50.1 Å². The summed E-state index contributed by atoms with van der Waals surface area (Å²) in [5.41, 5.74) is 3.13. The molecule has 172 valence electrons. The summed E-state index contributed by atoms with van der Waals surface area (Å²) in [5.74, 6) is 0.933. The molecule has 0 aliphatic carbocycles. The van der Waals surface area contributed by atoms with E-state index < -0.39 is 0 Å². The molecule has 1 aromatic heterocycles. The fraction of sp³-hybridized carbons (Fsp3) is 0.269. The molecule has 5 rings (SSSR count). The van der Waals surface area contributed by atoms with Gasteiger partial charge in [-0.05, 0) is 29.7 Å². The number of halogens is 1. The molecule has 1 aliphatic rings. The fourth-order valence-corrected chi connectivity index (χ4v) is 4.50. The number of fused-ring (bicyclic) bond motifs is 2. The predicted octanol–water partition coefficient (Wildman–Crippen LogP) is 4.90. The lowest BCUT2D eigenvalue weighted by molar-refractivity contribution is -0.116. The van der Waals surface area contributed by atoms with Crippen molar-refractivity contribution in [3.8, 4) is 5.75 Å². The normalized spacial score (nSPS) is 14.3. The van der Waals surface area contributed by atoms with E-state index in [0.717, 1.165) is 55.1 Å². The van der Waals surface area contributed by atoms with Crippen molar-refractivity contribution in [1.29, 1.82) is 0 Å². The maximum absolute atomic E-state index is 12.5. The van der Waals surface area contributed by atoms with Gasteiger partial charge < -0.3 is 19.9 Å². The smallest absolute Gasteiger partial charge is 0.225 e. The number of hydrogen-bond donors (Lipinski definition) is 2. The van der Waals surface area contributed by atoms with Crippen molar-refractivity contribution in [1.82, 2.24) is 9.88 Å². The monoisotopic (exact) mass is 464 g/mol. The second-order valence-corrected chi connectivity index (χ2v) is 8.24. The Kier molecular flexibility index (Phi) is 7.06. The van der Waals surface area contributed by atoms with Crippen LogP contribution in [0.5, 0.6) is 5.75 Å². The van der Waals surface area contributed by atoms with E-state index in [1.807, 2.05) is 36.5 Å². The minimum absolute atomic E-state index is 0. The number of aromatic nitrogens is 1. The van der Waals surface area contributed by atoms with Gasteiger partial charge in [0.1, 0.15) is 5.75 Å². The molecule has 0 unspecified atom stereocenters. The lowest BCUT2D eigenvalue weighted by Gasteiger charge is -2.36. The number of nitrogens with one attached hydrogen (secondary N) is 2. The Morgan fingerprint density at radius 3 is 2.64 bits per heavy atom. The predicted molar refractivity (Wildman–Crippen MR) is 138 cm³/mol. The molecular formula is C26H29ClN4O2. The number of methoxy groups -OCH3 is 1. The van der Waals surface area contributed by atoms with Crippen molar-refractivity contribution in [2.24, 2.45) is 0 Å². The third-order valence-electron chi connectivity index (χ3n) is 6.30. The Balaban J connectivity index is 0.00000259. The number of amides is 1. The van der Waals surface area contributed by atoms with Gasteiger partial charge in [-0.15, -0.1) is 12.4 Å². The lowest BCUT2D eigenvalue weighted by Crippen LogP contribution is -2.47. The molecule has 2 heterocycles. The molecule has 0 saturated carbocycles. The molecule has 0 atom stereocenters. The second kappa shape index (κ2) is 10.1. The van der Waals surface area contributed by atoms with Crippen LogP contribution in [-0.2, 0) is 4.79 Å². The number of carbonyl (C=O) groups is 1. The van der Waals surface area contributed by atoms with Crippen molar-refractivity contribution >= 4 is 51.4 Å². The van der Waals surface area contributed by atoms with Gasteiger partial charge in [0.05, 0.1) is 12.8 Å². The summed E-state index contributed by atoms with van der Waals surface area (Å²) in [7, 11) is 1.71. The summed E-state index contributed by atoms with van der Waals surface area (Å²) in [6, 6.07) is 20.7. The average Bonchev–Trinajstić information content (AvgIpc) is 3.25. The summed E-state index contributed by atoms with van der Waals surface area (Å²) < 4.78 is 5.43. The molecule has 1 fully saturated rings. The summed E-state index contributed by atoms with van der Waals surface area (Å²) >= 11 is 0. The van der Waals surface area contributed by atoms with Crippen molar-refractivity contribution in [3.05, 3.63) is 66.9 Å². The number of carbonyl (C=O) groups excluding carboxylic acids is 1. The number of benzene rings is 3. The Hall–Kier alpha value is -3.22. The van der Waals surface area contributed by atoms with Crippen LogP contribution in [0, 0.1) is 0 Å². The van der Waals surface area contributed by atoms with Gasteiger partial charge in [-0.25, -0.2) is 0 Å². The molecule has 1 aliphatic heterocycles. The number of anilines is 2. The van der Waals surface area contributed by atoms with Gasteiger partial charge in [0.15, 0.2) is 0 Å². The number of aromatic amines is 1. The van der Waals surface area contributed by atoms with Crippen LogP contribution in [-0.4, -0.2) is 55.6 Å². The van der Waals surface area contributed by atoms with E-state index in [-0.39, 0.29) is 18.3 Å². The summed E-state index contributed by atoms with van der Waals surface area (Å²) in [5, 5.41) is 6.54. The van der Waals surface area contributed by atoms with Crippen LogP contribution in [0.3, 0.4) is 0 Å². The molecule has 33 heavy (non-hydrogen) atoms. The Bertz CT molecular complexity index is 1250. The van der Waals surface area contributed by atoms with Crippen molar-refractivity contribution in [2.45, 2.75) is 6.42 Å². The highest BCUT2D eigenvalue weighted by Crippen LogP contribution is 2.30. The van der Waals surface area contributed by atoms with E-state index >= 15 is 0 Å². The van der Waals surface area contributed by atoms with Crippen LogP contribution in [0.4, 0.5) is 11.4 Å². The summed E-state index contributed by atoms with van der Waals surface area (Å²) in [4.78, 5) is 20.5. The minimum atomic E-state index is 0. The SMILES string of the molecule is COc1ccc2cccc(N3CCN(CCC(=O)Nc4c[nH]c5ccccc45)CC3)c2c1.Cl. The van der Waals surface area contributed by atoms with Gasteiger partial charge in [0, 0.05) is 67.3 Å². The van der Waals surface area contributed by atoms with Gasteiger partial charge in [0.25, 0.3) is 0 Å². The van der Waals surface area contributed by atoms with E-state index in [1.165, 1.54) is 16.5 Å². The number of rotatable bonds is 6. The molecule has 4 aromatic rings. The van der Waals surface area contributed by atoms with Gasteiger partial charge in [-0.1, -0.05) is 36.4 Å². The third-order valence-corrected chi connectivity index (χ3v) is 6.30. The molecule has 2 N–H and O–H groups in total. The first-order valence-corrected chi connectivity index (χ1v) is 11.1. The maximum atomic E-state index is 12.5. The number of ether oxygens (including phenoxy) is 1. The minimum Gasteiger partial charge on any atom is -0.497 e. The zero-order valence-corrected chi connectivity index (χ0v) is 19.5. The van der Waals surface area contributed by atoms with Crippen LogP contribution >= 0.6 is 12.4 Å². The molecule has 0 radical (unpaired) electrons. The van der Waals surface area contributed by atoms with E-state index in [4.69, 9.17) is 4.74 Å². The first-order valence-electron chi connectivity index (χ1n) is 11.1. The topological polar surface area (TPSA) is 60.6 Å². The largest absolute Gasteiger partial charge is 0.497 e. The third kappa shape index (κ3) is 4.92. The number of piperazine rings is 1. The quantitative estimate of drug-likeness (QED) is 0.426. The van der Waals surface area contributed by atoms with E-state index in [2.05, 4.69) is 50.4 Å². The molecule has 6 nitrogen and oxygen atoms in total. The van der Waals surface area contributed by atoms with Gasteiger partial charge >= 0.3 is 0 Å². The highest BCUT2D eigenvalue weighted by atomic mass is 35.5. The number of para-hydroxylation sites is 1. The zero-order chi connectivity index (χ0) is 21.9. The molecule has 3 aromatic carbocycles. The summed E-state index contributed by atoms with van der Waals surface area (Å²) in [6.07, 6.45) is 2.35. The fourth-order valence-electron chi connectivity index (χ4n) is 4.50. The molecule has 1 saturated heterocycles. The van der Waals surface area contributed by atoms with E-state index in [0.29, 0.717) is 6.42 Å². The standard InChI is InChI=1S/C26H28N4O2.ClH/c1-32-20-10-9-19-5-4-8-25(22(19)17-20)30-15-13-29(14-16-30)12-11-26(31)28-24-18-27-23-7-3-2-6-21(23)24;/h2-10,17-18,27H,11-16H2,1H3,(H,28,31);1H. The molecule has 1 amide bonds. The molecular weight excluding hydrogens is 436 g/mol. The van der Waals surface area contributed by atoms with Crippen molar-refractivity contribution < 1.29 is 9.53 Å². The van der Waals surface area contributed by atoms with Crippen LogP contribution in [0.1, 0.15) is 6.42 Å². The number of hydrogen-bond acceptors (Lipinski definition) is 4. The van der Waals surface area contributed by atoms with E-state index in [9.17, 15) is 4.79 Å². The summed E-state index contributed by atoms with van der Waals surface area (Å²) in [6.45, 7) is 4.55. The van der Waals surface area contributed by atoms with Gasteiger partial charge in [0.2, 0.25) is 5.91 Å². The van der Waals surface area contributed by atoms with Gasteiger partial charge in [-0.3, -0.25) is 9.69 Å². The Morgan fingerprint density at radius 2 is 1.82 bits per heavy atom. The van der Waals surface area contributed by atoms with E-state index in [1.54, 1.807) is 7.11 Å². The maximum Gasteiger partial charge on any atom is 0.225 e. The second-order valence-electron chi connectivity index (χ2n) is 8.24. The van der Waals surface area contributed by atoms with Gasteiger partial charge in [-0.2, -0.15) is 0 Å². The highest BCUT2D eigenvalue weighted by molar-refractivity contribution is 6.01. The Labute approximate surface area is 199 Å². The van der Waals surface area contributed by atoms with Crippen LogP contribution in [0.15, 0.2) is 66.9 Å². The first kappa shape index (κ1) is 23.0. The molecule has 7 heteroatoms. The highest BCUT2D eigenvalue weighted by Gasteiger charge is 2.19. The first-order chi connectivity index (χ1) is 15.7. The van der Waals surface area contributed by atoms with Crippen LogP contribution in [0.2, 0.25) is 0 Å². The van der Waals surface area contributed by atoms with Crippen LogP contribution < -0.4 is 15.0 Å². The molecule has 0 bridgehead atoms. The van der Waals surface area contributed by atoms with Crippen molar-refractivity contribution in [3.63, 3.8) is 0 Å². The zero-order valence-electron chi connectivity index (χ0n) is 18.7. The lowest BCUT2D eigenvalue weighted by atomic mass is 10.1. The Morgan fingerprint density at radius 1 is 1.00 bits per heavy atom. The van der Waals surface area contributed by atoms with Crippen LogP contribution in [0.25, 0.3) is 21.7 Å².